The van der Waals surface area contributed by atoms with Crippen LogP contribution in [0.2, 0.25) is 0 Å². The summed E-state index contributed by atoms with van der Waals surface area (Å²) in [5.41, 5.74) is 5.37. The molecule has 0 aromatic heterocycles. The van der Waals surface area contributed by atoms with E-state index in [1.54, 1.807) is 0 Å². The Hall–Kier alpha value is -2.77. The van der Waals surface area contributed by atoms with E-state index in [0.717, 1.165) is 18.2 Å². The van der Waals surface area contributed by atoms with Crippen LogP contribution in [0.3, 0.4) is 0 Å². The Morgan fingerprint density at radius 2 is 1.74 bits per heavy atom. The van der Waals surface area contributed by atoms with Crippen molar-refractivity contribution >= 4 is 17.3 Å². The van der Waals surface area contributed by atoms with Crippen molar-refractivity contribution in [2.24, 2.45) is 10.7 Å². The number of nitrogens with one attached hydrogen (secondary N) is 1. The molecule has 3 N–H and O–H groups in total. The standard InChI is InChI=1S/C15H14F4N4/c1-23(13-6-5-9(16)7-12(13)19)15(20)22-8-21-14-10(17)3-2-4-11(14)18/h2-7,21H,8H2,1H3,(H2,20,22). The highest BCUT2D eigenvalue weighted by molar-refractivity contribution is 5.94. The maximum absolute atomic E-state index is 13.6. The summed E-state index contributed by atoms with van der Waals surface area (Å²) in [5.74, 6) is -3.17. The highest BCUT2D eigenvalue weighted by Gasteiger charge is 2.12. The van der Waals surface area contributed by atoms with Crippen molar-refractivity contribution in [3.63, 3.8) is 0 Å². The third-order valence-electron chi connectivity index (χ3n) is 3.07. The molecule has 0 aliphatic rings. The first-order chi connectivity index (χ1) is 10.9. The van der Waals surface area contributed by atoms with Gasteiger partial charge in [-0.05, 0) is 24.3 Å². The lowest BCUT2D eigenvalue weighted by molar-refractivity contribution is 0.584. The lowest BCUT2D eigenvalue weighted by atomic mass is 10.3. The summed E-state index contributed by atoms with van der Waals surface area (Å²) < 4.78 is 53.3. The van der Waals surface area contributed by atoms with Crippen LogP contribution in [0, 0.1) is 23.3 Å². The molecule has 122 valence electrons. The fourth-order valence-electron chi connectivity index (χ4n) is 1.85. The molecule has 0 bridgehead atoms. The van der Waals surface area contributed by atoms with Crippen LogP contribution in [0.5, 0.6) is 0 Å². The molecule has 8 heteroatoms. The normalized spacial score (nSPS) is 11.4. The third kappa shape index (κ3) is 3.91. The van der Waals surface area contributed by atoms with Gasteiger partial charge in [0.1, 0.15) is 35.6 Å². The largest absolute Gasteiger partial charge is 0.369 e. The Morgan fingerprint density at radius 1 is 1.09 bits per heavy atom. The summed E-state index contributed by atoms with van der Waals surface area (Å²) in [6.07, 6.45) is 0. The van der Waals surface area contributed by atoms with E-state index in [2.05, 4.69) is 10.3 Å². The Balaban J connectivity index is 2.07. The number of nitrogens with two attached hydrogens (primary N) is 1. The molecule has 0 aliphatic carbocycles. The molecule has 0 spiro atoms. The Morgan fingerprint density at radius 3 is 2.35 bits per heavy atom. The minimum absolute atomic E-state index is 0.0183. The lowest BCUT2D eigenvalue weighted by Crippen LogP contribution is -2.35. The minimum Gasteiger partial charge on any atom is -0.369 e. The van der Waals surface area contributed by atoms with E-state index in [0.29, 0.717) is 6.07 Å². The quantitative estimate of drug-likeness (QED) is 0.516. The predicted molar refractivity (Wildman–Crippen MR) is 81.2 cm³/mol. The number of nitrogens with zero attached hydrogens (tertiary/aromatic N) is 2. The van der Waals surface area contributed by atoms with Crippen LogP contribution < -0.4 is 16.0 Å². The molecule has 2 aromatic carbocycles. The molecule has 0 atom stereocenters. The minimum atomic E-state index is -0.807. The molecule has 2 rings (SSSR count). The van der Waals surface area contributed by atoms with Crippen LogP contribution >= 0.6 is 0 Å². The summed E-state index contributed by atoms with van der Waals surface area (Å²) in [5, 5.41) is 2.44. The van der Waals surface area contributed by atoms with Crippen molar-refractivity contribution < 1.29 is 17.6 Å². The molecule has 0 fully saturated rings. The number of guanidine groups is 1. The van der Waals surface area contributed by atoms with Crippen molar-refractivity contribution in [1.82, 2.24) is 0 Å². The molecule has 0 radical (unpaired) electrons. The van der Waals surface area contributed by atoms with Crippen molar-refractivity contribution in [3.8, 4) is 0 Å². The van der Waals surface area contributed by atoms with Gasteiger partial charge in [-0.15, -0.1) is 0 Å². The molecule has 0 heterocycles. The molecule has 0 unspecified atom stereocenters. The fourth-order valence-corrected chi connectivity index (χ4v) is 1.85. The van der Waals surface area contributed by atoms with E-state index in [9.17, 15) is 17.6 Å². The van der Waals surface area contributed by atoms with Gasteiger partial charge < -0.3 is 16.0 Å². The summed E-state index contributed by atoms with van der Waals surface area (Å²) in [6, 6.07) is 6.42. The summed E-state index contributed by atoms with van der Waals surface area (Å²) >= 11 is 0. The van der Waals surface area contributed by atoms with Gasteiger partial charge in [-0.2, -0.15) is 0 Å². The molecule has 0 amide bonds. The number of para-hydroxylation sites is 1. The molecule has 0 aliphatic heterocycles. The van der Waals surface area contributed by atoms with Gasteiger partial charge in [0.2, 0.25) is 0 Å². The predicted octanol–water partition coefficient (Wildman–Crippen LogP) is 3.06. The van der Waals surface area contributed by atoms with E-state index in [-0.39, 0.29) is 24.0 Å². The second-order valence-electron chi connectivity index (χ2n) is 4.60. The first kappa shape index (κ1) is 16.6. The highest BCUT2D eigenvalue weighted by Crippen LogP contribution is 2.19. The maximum atomic E-state index is 13.6. The van der Waals surface area contributed by atoms with Gasteiger partial charge in [-0.3, -0.25) is 0 Å². The summed E-state index contributed by atoms with van der Waals surface area (Å²) in [4.78, 5) is 5.05. The molecule has 2 aromatic rings. The van der Waals surface area contributed by atoms with Gasteiger partial charge in [0, 0.05) is 13.1 Å². The van der Waals surface area contributed by atoms with Crippen molar-refractivity contribution in [1.29, 1.82) is 0 Å². The monoisotopic (exact) mass is 326 g/mol. The van der Waals surface area contributed by atoms with Gasteiger partial charge in [-0.25, -0.2) is 22.6 Å². The number of hydrogen-bond donors (Lipinski definition) is 2. The number of aliphatic imine (C=N–C) groups is 1. The average Bonchev–Trinajstić information content (AvgIpc) is 2.49. The van der Waals surface area contributed by atoms with Gasteiger partial charge >= 0.3 is 0 Å². The number of rotatable bonds is 4. The third-order valence-corrected chi connectivity index (χ3v) is 3.07. The lowest BCUT2D eigenvalue weighted by Gasteiger charge is -2.19. The first-order valence-electron chi connectivity index (χ1n) is 6.56. The van der Waals surface area contributed by atoms with Crippen molar-refractivity contribution in [3.05, 3.63) is 59.7 Å². The van der Waals surface area contributed by atoms with Crippen molar-refractivity contribution in [2.75, 3.05) is 23.9 Å². The zero-order chi connectivity index (χ0) is 17.0. The van der Waals surface area contributed by atoms with Crippen LogP contribution in [0.25, 0.3) is 0 Å². The number of benzene rings is 2. The fraction of sp³-hybridized carbons (Fsp3) is 0.133. The Kier molecular flexibility index (Phi) is 5.05. The summed E-state index contributed by atoms with van der Waals surface area (Å²) in [6.45, 7) is -0.225. The topological polar surface area (TPSA) is 53.6 Å². The number of halogens is 4. The molecule has 23 heavy (non-hydrogen) atoms. The molecular formula is C15H14F4N4. The van der Waals surface area contributed by atoms with Crippen LogP contribution in [-0.2, 0) is 0 Å². The number of anilines is 2. The highest BCUT2D eigenvalue weighted by atomic mass is 19.1. The van der Waals surface area contributed by atoms with Gasteiger partial charge in [0.25, 0.3) is 0 Å². The van der Waals surface area contributed by atoms with Crippen LogP contribution in [0.1, 0.15) is 0 Å². The van der Waals surface area contributed by atoms with Gasteiger partial charge in [0.05, 0.1) is 5.69 Å². The van der Waals surface area contributed by atoms with E-state index < -0.39 is 23.3 Å². The van der Waals surface area contributed by atoms with Gasteiger partial charge in [0.15, 0.2) is 5.96 Å². The van der Waals surface area contributed by atoms with E-state index in [1.165, 1.54) is 24.1 Å². The maximum Gasteiger partial charge on any atom is 0.197 e. The smallest absolute Gasteiger partial charge is 0.197 e. The zero-order valence-electron chi connectivity index (χ0n) is 12.2. The Bertz CT molecular complexity index is 713. The summed E-state index contributed by atoms with van der Waals surface area (Å²) in [7, 11) is 1.43. The zero-order valence-corrected chi connectivity index (χ0v) is 12.2. The van der Waals surface area contributed by atoms with Crippen molar-refractivity contribution in [2.45, 2.75) is 0 Å². The SMILES string of the molecule is CN(C(N)=NCNc1c(F)cccc1F)c1ccc(F)cc1F. The second kappa shape index (κ2) is 6.99. The van der Waals surface area contributed by atoms with E-state index in [1.807, 2.05) is 0 Å². The molecule has 0 saturated heterocycles. The van der Waals surface area contributed by atoms with Gasteiger partial charge in [-0.1, -0.05) is 6.07 Å². The molecular weight excluding hydrogens is 312 g/mol. The molecule has 0 saturated carbocycles. The Labute approximate surface area is 130 Å². The van der Waals surface area contributed by atoms with Crippen LogP contribution in [0.15, 0.2) is 41.4 Å². The average molecular weight is 326 g/mol. The first-order valence-corrected chi connectivity index (χ1v) is 6.56. The number of hydrogen-bond acceptors (Lipinski definition) is 2. The van der Waals surface area contributed by atoms with E-state index in [4.69, 9.17) is 5.73 Å². The molecule has 4 nitrogen and oxygen atoms in total. The van der Waals surface area contributed by atoms with Crippen LogP contribution in [-0.4, -0.2) is 19.7 Å². The van der Waals surface area contributed by atoms with E-state index >= 15 is 0 Å². The second-order valence-corrected chi connectivity index (χ2v) is 4.60. The van der Waals surface area contributed by atoms with Crippen LogP contribution in [0.4, 0.5) is 28.9 Å².